The number of amides is 1. The third kappa shape index (κ3) is 3.21. The van der Waals surface area contributed by atoms with Crippen LogP contribution in [0.25, 0.3) is 0 Å². The highest BCUT2D eigenvalue weighted by molar-refractivity contribution is 9.10. The Morgan fingerprint density at radius 1 is 1.41 bits per heavy atom. The smallest absolute Gasteiger partial charge is 0.259 e. The molecule has 2 rings (SSSR count). The number of aromatic nitrogens is 3. The molecule has 0 aromatic carbocycles. The van der Waals surface area contributed by atoms with Gasteiger partial charge in [-0.15, -0.1) is 0 Å². The van der Waals surface area contributed by atoms with Crippen LogP contribution >= 0.6 is 27.5 Å². The number of halogens is 2. The molecule has 0 fully saturated rings. The third-order valence-electron chi connectivity index (χ3n) is 1.81. The van der Waals surface area contributed by atoms with Gasteiger partial charge in [0, 0.05) is 23.1 Å². The minimum absolute atomic E-state index is 0.155. The molecule has 17 heavy (non-hydrogen) atoms. The Morgan fingerprint density at radius 3 is 2.94 bits per heavy atom. The monoisotopic (exact) mass is 312 g/mol. The van der Waals surface area contributed by atoms with Gasteiger partial charge in [0.15, 0.2) is 0 Å². The van der Waals surface area contributed by atoms with Crippen LogP contribution in [0.1, 0.15) is 10.4 Å². The lowest BCUT2D eigenvalue weighted by atomic mass is 10.3. The van der Waals surface area contributed by atoms with Gasteiger partial charge in [-0.3, -0.25) is 15.1 Å². The van der Waals surface area contributed by atoms with Crippen molar-refractivity contribution in [3.8, 4) is 0 Å². The van der Waals surface area contributed by atoms with Gasteiger partial charge < -0.3 is 0 Å². The molecular weight excluding hydrogens is 307 g/mol. The fraction of sp³-hybridized carbons (Fsp3) is 0. The highest BCUT2D eigenvalue weighted by Crippen LogP contribution is 2.11. The number of carbonyl (C=O) groups is 1. The Morgan fingerprint density at radius 2 is 2.24 bits per heavy atom. The highest BCUT2D eigenvalue weighted by Gasteiger charge is 2.08. The maximum absolute atomic E-state index is 11.8. The van der Waals surface area contributed by atoms with Crippen LogP contribution in [0.2, 0.25) is 5.15 Å². The summed E-state index contributed by atoms with van der Waals surface area (Å²) >= 11 is 8.91. The number of hydrogen-bond acceptors (Lipinski definition) is 4. The van der Waals surface area contributed by atoms with Gasteiger partial charge >= 0.3 is 0 Å². The van der Waals surface area contributed by atoms with E-state index < -0.39 is 0 Å². The van der Waals surface area contributed by atoms with Crippen molar-refractivity contribution < 1.29 is 4.79 Å². The first-order valence-electron chi connectivity index (χ1n) is 4.55. The van der Waals surface area contributed by atoms with Gasteiger partial charge in [0.05, 0.1) is 5.56 Å². The van der Waals surface area contributed by atoms with E-state index >= 15 is 0 Å². The molecule has 0 spiro atoms. The van der Waals surface area contributed by atoms with E-state index in [1.54, 1.807) is 12.3 Å². The van der Waals surface area contributed by atoms with Crippen molar-refractivity contribution in [1.82, 2.24) is 15.0 Å². The fourth-order valence-corrected chi connectivity index (χ4v) is 1.61. The molecule has 0 saturated carbocycles. The minimum atomic E-state index is -0.346. The number of pyridine rings is 1. The maximum atomic E-state index is 11.8. The number of carbonyl (C=O) groups excluding carboxylic acids is 1. The summed E-state index contributed by atoms with van der Waals surface area (Å²) < 4.78 is 0.720. The Bertz CT molecular complexity index is 564. The molecule has 0 aliphatic rings. The lowest BCUT2D eigenvalue weighted by molar-refractivity contribution is 0.102. The molecule has 7 heteroatoms. The van der Waals surface area contributed by atoms with Crippen molar-refractivity contribution in [1.29, 1.82) is 0 Å². The maximum Gasteiger partial charge on any atom is 0.259 e. The average molecular weight is 314 g/mol. The van der Waals surface area contributed by atoms with Crippen LogP contribution in [-0.2, 0) is 0 Å². The number of nitrogens with zero attached hydrogens (tertiary/aromatic N) is 3. The van der Waals surface area contributed by atoms with E-state index in [1.165, 1.54) is 18.5 Å². The molecule has 2 aromatic heterocycles. The minimum Gasteiger partial charge on any atom is -0.290 e. The average Bonchev–Trinajstić information content (AvgIpc) is 2.29. The second kappa shape index (κ2) is 5.20. The first kappa shape index (κ1) is 11.9. The highest BCUT2D eigenvalue weighted by atomic mass is 79.9. The normalized spacial score (nSPS) is 10.0. The van der Waals surface area contributed by atoms with E-state index in [1.807, 2.05) is 0 Å². The standard InChI is InChI=1S/C10H6BrClN4O/c11-7-3-6(4-13-5-7)9(17)16-10-14-2-1-8(12)15-10/h1-5H,(H,14,15,16,17). The molecule has 0 saturated heterocycles. The van der Waals surface area contributed by atoms with Crippen LogP contribution in [0, 0.1) is 0 Å². The summed E-state index contributed by atoms with van der Waals surface area (Å²) in [5.41, 5.74) is 0.406. The molecule has 0 unspecified atom stereocenters. The van der Waals surface area contributed by atoms with E-state index in [-0.39, 0.29) is 17.0 Å². The topological polar surface area (TPSA) is 67.8 Å². The van der Waals surface area contributed by atoms with Crippen LogP contribution < -0.4 is 5.32 Å². The molecule has 0 aliphatic heterocycles. The van der Waals surface area contributed by atoms with Crippen LogP contribution in [0.3, 0.4) is 0 Å². The third-order valence-corrected chi connectivity index (χ3v) is 2.46. The second-order valence-corrected chi connectivity index (χ2v) is 4.35. The number of rotatable bonds is 2. The Balaban J connectivity index is 2.17. The predicted octanol–water partition coefficient (Wildman–Crippen LogP) is 2.54. The molecular formula is C10H6BrClN4O. The molecule has 0 atom stereocenters. The summed E-state index contributed by atoms with van der Waals surface area (Å²) in [4.78, 5) is 23.4. The quantitative estimate of drug-likeness (QED) is 0.865. The summed E-state index contributed by atoms with van der Waals surface area (Å²) in [5, 5.41) is 2.79. The molecule has 0 bridgehead atoms. The molecule has 2 heterocycles. The first-order chi connectivity index (χ1) is 8.15. The van der Waals surface area contributed by atoms with Gasteiger partial charge in [-0.2, -0.15) is 0 Å². The van der Waals surface area contributed by atoms with Gasteiger partial charge in [0.25, 0.3) is 5.91 Å². The van der Waals surface area contributed by atoms with Crippen LogP contribution in [-0.4, -0.2) is 20.9 Å². The predicted molar refractivity (Wildman–Crippen MR) is 66.9 cm³/mol. The van der Waals surface area contributed by atoms with E-state index in [4.69, 9.17) is 11.6 Å². The van der Waals surface area contributed by atoms with Crippen molar-refractivity contribution in [2.75, 3.05) is 5.32 Å². The molecule has 86 valence electrons. The number of hydrogen-bond donors (Lipinski definition) is 1. The van der Waals surface area contributed by atoms with E-state index in [9.17, 15) is 4.79 Å². The summed E-state index contributed by atoms with van der Waals surface area (Å²) in [6.45, 7) is 0. The molecule has 1 amide bonds. The molecule has 0 aliphatic carbocycles. The van der Waals surface area contributed by atoms with Crippen molar-refractivity contribution in [2.24, 2.45) is 0 Å². The van der Waals surface area contributed by atoms with Crippen LogP contribution in [0.4, 0.5) is 5.95 Å². The van der Waals surface area contributed by atoms with Gasteiger partial charge in [-0.1, -0.05) is 11.6 Å². The number of nitrogens with one attached hydrogen (secondary N) is 1. The van der Waals surface area contributed by atoms with Crippen molar-refractivity contribution >= 4 is 39.4 Å². The largest absolute Gasteiger partial charge is 0.290 e. The zero-order valence-corrected chi connectivity index (χ0v) is 10.7. The Hall–Kier alpha value is -1.53. The van der Waals surface area contributed by atoms with E-state index in [0.29, 0.717) is 5.56 Å². The van der Waals surface area contributed by atoms with Crippen LogP contribution in [0.15, 0.2) is 35.2 Å². The Labute approximate surface area is 110 Å². The second-order valence-electron chi connectivity index (χ2n) is 3.05. The lowest BCUT2D eigenvalue weighted by Gasteiger charge is -2.03. The van der Waals surface area contributed by atoms with E-state index in [0.717, 1.165) is 4.47 Å². The zero-order chi connectivity index (χ0) is 12.3. The van der Waals surface area contributed by atoms with E-state index in [2.05, 4.69) is 36.2 Å². The zero-order valence-electron chi connectivity index (χ0n) is 8.39. The van der Waals surface area contributed by atoms with Gasteiger partial charge in [-0.05, 0) is 28.1 Å². The molecule has 1 N–H and O–H groups in total. The molecule has 2 aromatic rings. The fourth-order valence-electron chi connectivity index (χ4n) is 1.11. The Kier molecular flexibility index (Phi) is 3.65. The summed E-state index contributed by atoms with van der Waals surface area (Å²) in [7, 11) is 0. The van der Waals surface area contributed by atoms with Gasteiger partial charge in [-0.25, -0.2) is 9.97 Å². The van der Waals surface area contributed by atoms with Gasteiger partial charge in [0.2, 0.25) is 5.95 Å². The molecule has 5 nitrogen and oxygen atoms in total. The van der Waals surface area contributed by atoms with Crippen molar-refractivity contribution in [3.63, 3.8) is 0 Å². The SMILES string of the molecule is O=C(Nc1nccc(Cl)n1)c1cncc(Br)c1. The summed E-state index contributed by atoms with van der Waals surface area (Å²) in [6.07, 6.45) is 4.50. The first-order valence-corrected chi connectivity index (χ1v) is 5.73. The van der Waals surface area contributed by atoms with Crippen molar-refractivity contribution in [2.45, 2.75) is 0 Å². The van der Waals surface area contributed by atoms with Crippen molar-refractivity contribution in [3.05, 3.63) is 45.9 Å². The van der Waals surface area contributed by atoms with Crippen LogP contribution in [0.5, 0.6) is 0 Å². The summed E-state index contributed by atoms with van der Waals surface area (Å²) in [6, 6.07) is 3.17. The van der Waals surface area contributed by atoms with Gasteiger partial charge in [0.1, 0.15) is 5.15 Å². The molecule has 0 radical (unpaired) electrons. The summed E-state index contributed by atoms with van der Waals surface area (Å²) in [5.74, 6) is -0.191. The number of anilines is 1. The lowest BCUT2D eigenvalue weighted by Crippen LogP contribution is -2.14.